The van der Waals surface area contributed by atoms with Crippen LogP contribution in [0.4, 0.5) is 5.69 Å². The van der Waals surface area contributed by atoms with Crippen LogP contribution in [0.3, 0.4) is 0 Å². The van der Waals surface area contributed by atoms with Gasteiger partial charge in [-0.1, -0.05) is 11.6 Å². The Morgan fingerprint density at radius 3 is 2.79 bits per heavy atom. The van der Waals surface area contributed by atoms with Gasteiger partial charge in [0.15, 0.2) is 0 Å². The summed E-state index contributed by atoms with van der Waals surface area (Å²) in [6.45, 7) is 0.0335. The molecular weight excluding hydrogens is 316 g/mol. The zero-order chi connectivity index (χ0) is 10.6. The minimum Gasteiger partial charge on any atom is -0.394 e. The molecule has 1 rings (SSSR count). The fourth-order valence-corrected chi connectivity index (χ4v) is 1.85. The van der Waals surface area contributed by atoms with Gasteiger partial charge in [-0.05, 0) is 40.8 Å². The van der Waals surface area contributed by atoms with E-state index in [-0.39, 0.29) is 13.2 Å². The van der Waals surface area contributed by atoms with Gasteiger partial charge in [-0.15, -0.1) is 0 Å². The van der Waals surface area contributed by atoms with E-state index < -0.39 is 6.10 Å². The Bertz CT molecular complexity index is 309. The normalized spacial score (nSPS) is 12.6. The Morgan fingerprint density at radius 2 is 2.21 bits per heavy atom. The molecule has 0 aromatic heterocycles. The summed E-state index contributed by atoms with van der Waals surface area (Å²) >= 11 is 8.11. The fourth-order valence-electron chi connectivity index (χ4n) is 0.925. The van der Waals surface area contributed by atoms with E-state index >= 15 is 0 Å². The maximum absolute atomic E-state index is 9.11. The summed E-state index contributed by atoms with van der Waals surface area (Å²) in [7, 11) is 0. The maximum atomic E-state index is 9.11. The number of hydrogen-bond donors (Lipinski definition) is 3. The average molecular weight is 328 g/mol. The lowest BCUT2D eigenvalue weighted by Gasteiger charge is -2.11. The molecule has 5 heteroatoms. The molecule has 0 bridgehead atoms. The molecule has 0 aliphatic carbocycles. The van der Waals surface area contributed by atoms with E-state index in [0.717, 1.165) is 9.26 Å². The quantitative estimate of drug-likeness (QED) is 0.738. The van der Waals surface area contributed by atoms with Crippen LogP contribution in [0.2, 0.25) is 5.02 Å². The molecule has 1 atom stereocenters. The van der Waals surface area contributed by atoms with Gasteiger partial charge in [0.05, 0.1) is 23.4 Å². The van der Waals surface area contributed by atoms with Crippen LogP contribution >= 0.6 is 34.2 Å². The zero-order valence-electron chi connectivity index (χ0n) is 7.37. The number of aliphatic hydroxyl groups excluding tert-OH is 2. The van der Waals surface area contributed by atoms with Gasteiger partial charge in [0.2, 0.25) is 0 Å². The number of hydrogen-bond acceptors (Lipinski definition) is 3. The van der Waals surface area contributed by atoms with Crippen molar-refractivity contribution in [2.45, 2.75) is 6.10 Å². The lowest BCUT2D eigenvalue weighted by molar-refractivity contribution is 0.105. The largest absolute Gasteiger partial charge is 0.394 e. The fraction of sp³-hybridized carbons (Fsp3) is 0.333. The van der Waals surface area contributed by atoms with Gasteiger partial charge in [0.25, 0.3) is 0 Å². The van der Waals surface area contributed by atoms with E-state index in [0.29, 0.717) is 5.02 Å². The van der Waals surface area contributed by atoms with Crippen LogP contribution in [0.15, 0.2) is 18.2 Å². The Morgan fingerprint density at radius 1 is 1.50 bits per heavy atom. The van der Waals surface area contributed by atoms with Crippen molar-refractivity contribution in [1.29, 1.82) is 0 Å². The Kier molecular flexibility index (Phi) is 4.94. The average Bonchev–Trinajstić information content (AvgIpc) is 2.16. The molecule has 0 spiro atoms. The lowest BCUT2D eigenvalue weighted by Crippen LogP contribution is -2.23. The molecule has 1 aromatic rings. The van der Waals surface area contributed by atoms with Crippen LogP contribution in [-0.4, -0.2) is 29.5 Å². The third-order valence-electron chi connectivity index (χ3n) is 1.67. The molecule has 0 aliphatic heterocycles. The molecule has 1 unspecified atom stereocenters. The Balaban J connectivity index is 2.59. The highest BCUT2D eigenvalue weighted by Crippen LogP contribution is 2.23. The van der Waals surface area contributed by atoms with Gasteiger partial charge >= 0.3 is 0 Å². The topological polar surface area (TPSA) is 52.5 Å². The standard InChI is InChI=1S/C9H11ClINO2/c10-8-3-6(11)1-2-9(8)12-4-7(14)5-13/h1-3,7,12-14H,4-5H2. The van der Waals surface area contributed by atoms with E-state index in [1.807, 2.05) is 18.2 Å². The Hall–Kier alpha value is -0.0400. The minimum atomic E-state index is -0.759. The van der Waals surface area contributed by atoms with E-state index in [9.17, 15) is 0 Å². The molecule has 0 saturated heterocycles. The number of nitrogens with one attached hydrogen (secondary N) is 1. The van der Waals surface area contributed by atoms with Crippen molar-refractivity contribution >= 4 is 39.9 Å². The SMILES string of the molecule is OCC(O)CNc1ccc(I)cc1Cl. The van der Waals surface area contributed by atoms with Crippen molar-refractivity contribution in [1.82, 2.24) is 0 Å². The molecular formula is C9H11ClINO2. The number of rotatable bonds is 4. The van der Waals surface area contributed by atoms with Crippen molar-refractivity contribution < 1.29 is 10.2 Å². The van der Waals surface area contributed by atoms with E-state index in [1.165, 1.54) is 0 Å². The first kappa shape index (κ1) is 12.0. The highest BCUT2D eigenvalue weighted by molar-refractivity contribution is 14.1. The lowest BCUT2D eigenvalue weighted by atomic mass is 10.3. The molecule has 0 amide bonds. The maximum Gasteiger partial charge on any atom is 0.0942 e. The first-order valence-corrected chi connectivity index (χ1v) is 5.57. The molecule has 3 nitrogen and oxygen atoms in total. The molecule has 14 heavy (non-hydrogen) atoms. The van der Waals surface area contributed by atoms with Gasteiger partial charge in [0, 0.05) is 10.1 Å². The molecule has 1 aromatic carbocycles. The Labute approximate surface area is 101 Å². The van der Waals surface area contributed by atoms with Gasteiger partial charge in [0.1, 0.15) is 0 Å². The number of anilines is 1. The smallest absolute Gasteiger partial charge is 0.0942 e. The van der Waals surface area contributed by atoms with Gasteiger partial charge in [-0.2, -0.15) is 0 Å². The summed E-state index contributed by atoms with van der Waals surface area (Å²) in [5, 5.41) is 21.3. The summed E-state index contributed by atoms with van der Waals surface area (Å²) in [6, 6.07) is 5.59. The number of benzene rings is 1. The summed E-state index contributed by atoms with van der Waals surface area (Å²) in [5.74, 6) is 0. The summed E-state index contributed by atoms with van der Waals surface area (Å²) in [6.07, 6.45) is -0.759. The van der Waals surface area contributed by atoms with Crippen LogP contribution < -0.4 is 5.32 Å². The van der Waals surface area contributed by atoms with E-state index in [1.54, 1.807) is 0 Å². The van der Waals surface area contributed by atoms with Gasteiger partial charge in [-0.25, -0.2) is 0 Å². The molecule has 0 radical (unpaired) electrons. The molecule has 0 heterocycles. The second-order valence-electron chi connectivity index (χ2n) is 2.84. The monoisotopic (exact) mass is 327 g/mol. The predicted octanol–water partition coefficient (Wildman–Crippen LogP) is 1.71. The van der Waals surface area contributed by atoms with Crippen LogP contribution in [0.25, 0.3) is 0 Å². The van der Waals surface area contributed by atoms with Crippen LogP contribution in [0.1, 0.15) is 0 Å². The predicted molar refractivity (Wildman–Crippen MR) is 65.8 cm³/mol. The highest BCUT2D eigenvalue weighted by atomic mass is 127. The zero-order valence-corrected chi connectivity index (χ0v) is 10.3. The van der Waals surface area contributed by atoms with E-state index in [2.05, 4.69) is 27.9 Å². The molecule has 0 saturated carbocycles. The molecule has 78 valence electrons. The highest BCUT2D eigenvalue weighted by Gasteiger charge is 2.04. The van der Waals surface area contributed by atoms with Crippen molar-refractivity contribution in [3.05, 3.63) is 26.8 Å². The molecule has 0 fully saturated rings. The summed E-state index contributed by atoms with van der Waals surface area (Å²) < 4.78 is 1.06. The second-order valence-corrected chi connectivity index (χ2v) is 4.49. The number of halogens is 2. The third-order valence-corrected chi connectivity index (χ3v) is 2.65. The van der Waals surface area contributed by atoms with Crippen LogP contribution in [0.5, 0.6) is 0 Å². The van der Waals surface area contributed by atoms with Crippen molar-refractivity contribution in [2.24, 2.45) is 0 Å². The van der Waals surface area contributed by atoms with E-state index in [4.69, 9.17) is 21.8 Å². The summed E-state index contributed by atoms with van der Waals surface area (Å²) in [5.41, 5.74) is 0.764. The van der Waals surface area contributed by atoms with Crippen molar-refractivity contribution in [2.75, 3.05) is 18.5 Å². The van der Waals surface area contributed by atoms with Crippen molar-refractivity contribution in [3.8, 4) is 0 Å². The summed E-state index contributed by atoms with van der Waals surface area (Å²) in [4.78, 5) is 0. The van der Waals surface area contributed by atoms with Crippen molar-refractivity contribution in [3.63, 3.8) is 0 Å². The van der Waals surface area contributed by atoms with Crippen LogP contribution in [-0.2, 0) is 0 Å². The first-order valence-electron chi connectivity index (χ1n) is 4.11. The van der Waals surface area contributed by atoms with Gasteiger partial charge < -0.3 is 15.5 Å². The number of aliphatic hydroxyl groups is 2. The first-order chi connectivity index (χ1) is 6.63. The third kappa shape index (κ3) is 3.61. The van der Waals surface area contributed by atoms with Gasteiger partial charge in [-0.3, -0.25) is 0 Å². The second kappa shape index (κ2) is 5.75. The molecule has 3 N–H and O–H groups in total. The molecule has 0 aliphatic rings. The minimum absolute atomic E-state index is 0.255. The van der Waals surface area contributed by atoms with Crippen LogP contribution in [0, 0.1) is 3.57 Å².